The van der Waals surface area contributed by atoms with Gasteiger partial charge < -0.3 is 29.4 Å². The van der Waals surface area contributed by atoms with E-state index in [9.17, 15) is 0 Å². The summed E-state index contributed by atoms with van der Waals surface area (Å²) in [6, 6.07) is 12.2. The summed E-state index contributed by atoms with van der Waals surface area (Å²) < 4.78 is 21.3. The third-order valence-electron chi connectivity index (χ3n) is 7.04. The second-order valence-corrected chi connectivity index (χ2v) is 9.67. The first-order valence-corrected chi connectivity index (χ1v) is 12.0. The molecule has 1 saturated heterocycles. The number of aromatic nitrogens is 4. The van der Waals surface area contributed by atoms with Gasteiger partial charge in [0, 0.05) is 37.7 Å². The minimum Gasteiger partial charge on any atom is -0.493 e. The lowest BCUT2D eigenvalue weighted by molar-refractivity contribution is -0.161. The van der Waals surface area contributed by atoms with Crippen LogP contribution in [0.25, 0.3) is 21.9 Å². The van der Waals surface area contributed by atoms with Gasteiger partial charge in [-0.1, -0.05) is 0 Å². The van der Waals surface area contributed by atoms with Gasteiger partial charge in [0.05, 0.1) is 29.7 Å². The van der Waals surface area contributed by atoms with Gasteiger partial charge in [0.15, 0.2) is 5.79 Å². The molecule has 0 amide bonds. The summed E-state index contributed by atoms with van der Waals surface area (Å²) in [6.07, 6.45) is 4.39. The number of benzene rings is 1. The van der Waals surface area contributed by atoms with Crippen LogP contribution in [0.15, 0.2) is 48.9 Å². The molecule has 4 aromatic rings. The molecule has 1 aliphatic carbocycles. The minimum absolute atomic E-state index is 0.0625. The van der Waals surface area contributed by atoms with Crippen molar-refractivity contribution in [2.45, 2.75) is 44.3 Å². The molecule has 3 aromatic heterocycles. The summed E-state index contributed by atoms with van der Waals surface area (Å²) in [5, 5.41) is 8.31. The average molecular weight is 475 g/mol. The van der Waals surface area contributed by atoms with Gasteiger partial charge in [0.1, 0.15) is 35.5 Å². The van der Waals surface area contributed by atoms with Gasteiger partial charge in [-0.05, 0) is 50.6 Å². The molecule has 9 nitrogen and oxygen atoms in total. The van der Waals surface area contributed by atoms with E-state index in [1.54, 1.807) is 6.33 Å². The van der Waals surface area contributed by atoms with Crippen molar-refractivity contribution in [2.75, 3.05) is 31.3 Å². The Labute approximate surface area is 203 Å². The van der Waals surface area contributed by atoms with Gasteiger partial charge in [-0.3, -0.25) is 0 Å². The number of nitrogens with one attached hydrogen (secondary N) is 2. The molecular weight excluding hydrogens is 444 g/mol. The highest BCUT2D eigenvalue weighted by molar-refractivity contribution is 5.87. The highest BCUT2D eigenvalue weighted by atomic mass is 16.8. The van der Waals surface area contributed by atoms with E-state index < -0.39 is 5.79 Å². The maximum atomic E-state index is 6.41. The lowest BCUT2D eigenvalue weighted by atomic mass is 10.1. The van der Waals surface area contributed by atoms with E-state index in [1.165, 1.54) is 0 Å². The Morgan fingerprint density at radius 3 is 2.71 bits per heavy atom. The normalized spacial score (nSPS) is 25.1. The Bertz CT molecular complexity index is 1390. The number of hydrogen-bond donors (Lipinski definition) is 2. The molecule has 182 valence electrons. The standard InChI is InChI=1S/C26H30N6O3/c1-26(2)34-22-16(13-33-17-7-5-15-6-8-21(27-3)31-19(15)12-17)11-20(23(22)35-26)32-10-9-18-24(28-4)29-14-30-25(18)32/h5-10,12,14,16,20,22-23H,11,13H2,1-4H3,(H,27,31)(H,28,29,30)/t16-,20?,22-,23+/m1/s1. The van der Waals surface area contributed by atoms with Crippen LogP contribution in [-0.4, -0.2) is 58.2 Å². The Hall–Kier alpha value is -3.43. The zero-order chi connectivity index (χ0) is 24.2. The molecule has 1 saturated carbocycles. The third kappa shape index (κ3) is 3.84. The lowest BCUT2D eigenvalue weighted by Gasteiger charge is -2.24. The van der Waals surface area contributed by atoms with Gasteiger partial charge in [0.2, 0.25) is 0 Å². The van der Waals surface area contributed by atoms with Gasteiger partial charge in [-0.2, -0.15) is 0 Å². The minimum atomic E-state index is -0.642. The van der Waals surface area contributed by atoms with Crippen LogP contribution < -0.4 is 15.4 Å². The number of rotatable bonds is 6. The fourth-order valence-corrected chi connectivity index (χ4v) is 5.46. The molecule has 1 aromatic carbocycles. The molecule has 1 unspecified atom stereocenters. The number of hydrogen-bond acceptors (Lipinski definition) is 8. The zero-order valence-corrected chi connectivity index (χ0v) is 20.4. The van der Waals surface area contributed by atoms with Crippen molar-refractivity contribution in [3.05, 3.63) is 48.9 Å². The molecule has 9 heteroatoms. The van der Waals surface area contributed by atoms with Crippen molar-refractivity contribution in [1.82, 2.24) is 19.5 Å². The summed E-state index contributed by atoms with van der Waals surface area (Å²) in [5.41, 5.74) is 1.79. The Morgan fingerprint density at radius 1 is 1.06 bits per heavy atom. The fourth-order valence-electron chi connectivity index (χ4n) is 5.46. The van der Waals surface area contributed by atoms with E-state index in [1.807, 2.05) is 52.2 Å². The molecule has 2 fully saturated rings. The van der Waals surface area contributed by atoms with E-state index in [-0.39, 0.29) is 24.2 Å². The Balaban J connectivity index is 1.26. The van der Waals surface area contributed by atoms with Crippen molar-refractivity contribution < 1.29 is 14.2 Å². The second kappa shape index (κ2) is 8.35. The van der Waals surface area contributed by atoms with Crippen LogP contribution >= 0.6 is 0 Å². The van der Waals surface area contributed by atoms with Gasteiger partial charge in [-0.15, -0.1) is 0 Å². The SMILES string of the molecule is CNc1ccc2ccc(OC[C@H]3CC(n4ccc5c(NC)ncnc54)[C@@H]4OC(C)(C)O[C@H]34)cc2n1. The summed E-state index contributed by atoms with van der Waals surface area (Å²) >= 11 is 0. The molecule has 4 heterocycles. The van der Waals surface area contributed by atoms with E-state index >= 15 is 0 Å². The first kappa shape index (κ1) is 22.1. The number of anilines is 2. The van der Waals surface area contributed by atoms with Crippen LogP contribution in [0.4, 0.5) is 11.6 Å². The molecule has 6 rings (SSSR count). The average Bonchev–Trinajstić information content (AvgIpc) is 3.52. The monoisotopic (exact) mass is 474 g/mol. The topological polar surface area (TPSA) is 95.4 Å². The molecule has 0 spiro atoms. The molecule has 0 radical (unpaired) electrons. The number of nitrogens with zero attached hydrogens (tertiary/aromatic N) is 4. The summed E-state index contributed by atoms with van der Waals surface area (Å²) in [5.74, 6) is 1.98. The van der Waals surface area contributed by atoms with Crippen LogP contribution in [0.2, 0.25) is 0 Å². The Morgan fingerprint density at radius 2 is 1.89 bits per heavy atom. The number of pyridine rings is 1. The lowest BCUT2D eigenvalue weighted by Crippen LogP contribution is -2.29. The van der Waals surface area contributed by atoms with Crippen molar-refractivity contribution in [2.24, 2.45) is 5.92 Å². The molecule has 1 aliphatic heterocycles. The van der Waals surface area contributed by atoms with Crippen LogP contribution in [0.5, 0.6) is 5.75 Å². The fraction of sp³-hybridized carbons (Fsp3) is 0.423. The van der Waals surface area contributed by atoms with Crippen LogP contribution in [-0.2, 0) is 9.47 Å². The van der Waals surface area contributed by atoms with Gasteiger partial charge >= 0.3 is 0 Å². The molecule has 35 heavy (non-hydrogen) atoms. The zero-order valence-electron chi connectivity index (χ0n) is 20.4. The smallest absolute Gasteiger partial charge is 0.163 e. The van der Waals surface area contributed by atoms with E-state index in [0.717, 1.165) is 45.7 Å². The maximum Gasteiger partial charge on any atom is 0.163 e. The molecule has 2 N–H and O–H groups in total. The van der Waals surface area contributed by atoms with Crippen LogP contribution in [0.3, 0.4) is 0 Å². The predicted molar refractivity (Wildman–Crippen MR) is 135 cm³/mol. The number of fused-ring (bicyclic) bond motifs is 3. The quantitative estimate of drug-likeness (QED) is 0.429. The van der Waals surface area contributed by atoms with Crippen LogP contribution in [0.1, 0.15) is 26.3 Å². The molecular formula is C26H30N6O3. The van der Waals surface area contributed by atoms with Gasteiger partial charge in [0.25, 0.3) is 0 Å². The number of ether oxygens (including phenoxy) is 3. The maximum absolute atomic E-state index is 6.41. The molecule has 0 bridgehead atoms. The second-order valence-electron chi connectivity index (χ2n) is 9.67. The van der Waals surface area contributed by atoms with Crippen LogP contribution in [0, 0.1) is 5.92 Å². The molecule has 4 atom stereocenters. The largest absolute Gasteiger partial charge is 0.493 e. The third-order valence-corrected chi connectivity index (χ3v) is 7.04. The van der Waals surface area contributed by atoms with Crippen molar-refractivity contribution >= 4 is 33.6 Å². The Kier molecular flexibility index (Phi) is 5.26. The molecule has 2 aliphatic rings. The first-order valence-electron chi connectivity index (χ1n) is 12.0. The van der Waals surface area contributed by atoms with Crippen molar-refractivity contribution in [3.8, 4) is 5.75 Å². The highest BCUT2D eigenvalue weighted by Gasteiger charge is 2.55. The first-order chi connectivity index (χ1) is 17.0. The van der Waals surface area contributed by atoms with Crippen molar-refractivity contribution in [3.63, 3.8) is 0 Å². The van der Waals surface area contributed by atoms with E-state index in [0.29, 0.717) is 6.61 Å². The summed E-state index contributed by atoms with van der Waals surface area (Å²) in [7, 11) is 3.74. The van der Waals surface area contributed by atoms with E-state index in [2.05, 4.69) is 48.5 Å². The summed E-state index contributed by atoms with van der Waals surface area (Å²) in [4.78, 5) is 13.6. The predicted octanol–water partition coefficient (Wildman–Crippen LogP) is 4.22. The summed E-state index contributed by atoms with van der Waals surface area (Å²) in [6.45, 7) is 4.48. The van der Waals surface area contributed by atoms with Crippen molar-refractivity contribution in [1.29, 1.82) is 0 Å². The highest BCUT2D eigenvalue weighted by Crippen LogP contribution is 2.48. The van der Waals surface area contributed by atoms with Gasteiger partial charge in [-0.25, -0.2) is 15.0 Å². The van der Waals surface area contributed by atoms with E-state index in [4.69, 9.17) is 14.2 Å².